The van der Waals surface area contributed by atoms with Crippen molar-refractivity contribution in [2.45, 2.75) is 12.6 Å². The van der Waals surface area contributed by atoms with Crippen LogP contribution in [0, 0.1) is 0 Å². The van der Waals surface area contributed by atoms with Gasteiger partial charge in [0.1, 0.15) is 6.17 Å². The summed E-state index contributed by atoms with van der Waals surface area (Å²) in [6.07, 6.45) is -0.911. The summed E-state index contributed by atoms with van der Waals surface area (Å²) in [7, 11) is 1.42. The molecule has 0 aliphatic rings. The van der Waals surface area contributed by atoms with Gasteiger partial charge in [-0.2, -0.15) is 0 Å². The molecule has 0 saturated heterocycles. The van der Waals surface area contributed by atoms with E-state index in [1.54, 1.807) is 0 Å². The van der Waals surface area contributed by atoms with Crippen LogP contribution in [0.5, 0.6) is 11.5 Å². The maximum atomic E-state index is 13.6. The third kappa shape index (κ3) is 2.82. The van der Waals surface area contributed by atoms with E-state index in [9.17, 15) is 9.50 Å². The highest BCUT2D eigenvalue weighted by Gasteiger charge is 2.16. The zero-order valence-corrected chi connectivity index (χ0v) is 9.92. The van der Waals surface area contributed by atoms with E-state index in [2.05, 4.69) is 15.9 Å². The summed E-state index contributed by atoms with van der Waals surface area (Å²) in [5.41, 5.74) is 5.72. The van der Waals surface area contributed by atoms with Gasteiger partial charge in [0, 0.05) is 10.0 Å². The van der Waals surface area contributed by atoms with Crippen molar-refractivity contribution in [2.75, 3.05) is 13.7 Å². The molecule has 0 amide bonds. The quantitative estimate of drug-likeness (QED) is 0.889. The van der Waals surface area contributed by atoms with Crippen molar-refractivity contribution in [2.24, 2.45) is 5.73 Å². The van der Waals surface area contributed by atoms with Crippen LogP contribution in [0.4, 0.5) is 4.39 Å². The Morgan fingerprint density at radius 3 is 2.80 bits per heavy atom. The first-order valence-electron chi connectivity index (χ1n) is 4.50. The van der Waals surface area contributed by atoms with Gasteiger partial charge in [-0.3, -0.25) is 0 Å². The number of nitrogens with two attached hydrogens (primary N) is 1. The first kappa shape index (κ1) is 12.3. The number of aromatic hydroxyl groups is 1. The topological polar surface area (TPSA) is 55.5 Å². The molecule has 84 valence electrons. The van der Waals surface area contributed by atoms with Crippen molar-refractivity contribution in [3.63, 3.8) is 0 Å². The van der Waals surface area contributed by atoms with E-state index in [0.29, 0.717) is 10.0 Å². The van der Waals surface area contributed by atoms with Crippen LogP contribution in [0.25, 0.3) is 0 Å². The van der Waals surface area contributed by atoms with Crippen molar-refractivity contribution in [1.29, 1.82) is 0 Å². The Morgan fingerprint density at radius 1 is 1.60 bits per heavy atom. The van der Waals surface area contributed by atoms with E-state index < -0.39 is 6.17 Å². The third-order valence-corrected chi connectivity index (χ3v) is 2.74. The number of phenolic OH excluding ortho intramolecular Hbond substituents is 1. The summed E-state index contributed by atoms with van der Waals surface area (Å²) in [4.78, 5) is 0. The van der Waals surface area contributed by atoms with E-state index in [1.807, 2.05) is 0 Å². The van der Waals surface area contributed by atoms with Gasteiger partial charge in [0.05, 0.1) is 7.11 Å². The number of hydrogen-bond acceptors (Lipinski definition) is 3. The van der Waals surface area contributed by atoms with E-state index >= 15 is 0 Å². The average molecular weight is 278 g/mol. The number of ether oxygens (including phenoxy) is 1. The molecule has 0 heterocycles. The van der Waals surface area contributed by atoms with Crippen LogP contribution in [0.3, 0.4) is 0 Å². The Morgan fingerprint density at radius 2 is 2.27 bits per heavy atom. The second-order valence-electron chi connectivity index (χ2n) is 3.09. The summed E-state index contributed by atoms with van der Waals surface area (Å²) in [6.45, 7) is 0.275. The van der Waals surface area contributed by atoms with Crippen LogP contribution >= 0.6 is 15.9 Å². The van der Waals surface area contributed by atoms with E-state index in [0.717, 1.165) is 0 Å². The molecular formula is C10H13BrFNO2. The molecule has 0 radical (unpaired) electrons. The van der Waals surface area contributed by atoms with Crippen LogP contribution in [0.1, 0.15) is 18.2 Å². The fraction of sp³-hybridized carbons (Fsp3) is 0.400. The van der Waals surface area contributed by atoms with Crippen molar-refractivity contribution < 1.29 is 14.2 Å². The maximum absolute atomic E-state index is 13.6. The van der Waals surface area contributed by atoms with Gasteiger partial charge in [0.2, 0.25) is 0 Å². The zero-order valence-electron chi connectivity index (χ0n) is 8.34. The Bertz CT molecular complexity index is 346. The van der Waals surface area contributed by atoms with Crippen molar-refractivity contribution in [1.82, 2.24) is 0 Å². The van der Waals surface area contributed by atoms with E-state index in [-0.39, 0.29) is 24.5 Å². The van der Waals surface area contributed by atoms with Gasteiger partial charge in [-0.05, 0) is 25.1 Å². The molecule has 15 heavy (non-hydrogen) atoms. The van der Waals surface area contributed by atoms with Crippen molar-refractivity contribution in [3.8, 4) is 11.5 Å². The molecule has 0 aromatic heterocycles. The Kier molecular flexibility index (Phi) is 4.35. The molecule has 3 nitrogen and oxygen atoms in total. The highest BCUT2D eigenvalue weighted by Crippen LogP contribution is 2.37. The fourth-order valence-electron chi connectivity index (χ4n) is 1.26. The SMILES string of the molecule is COc1cc(C(F)CCN)c(Br)cc1O. The molecule has 3 N–H and O–H groups in total. The molecule has 1 atom stereocenters. The summed E-state index contributed by atoms with van der Waals surface area (Å²) in [5, 5.41) is 9.43. The lowest BCUT2D eigenvalue weighted by Crippen LogP contribution is -2.04. The molecule has 1 rings (SSSR count). The van der Waals surface area contributed by atoms with Gasteiger partial charge in [0.15, 0.2) is 11.5 Å². The summed E-state index contributed by atoms with van der Waals surface area (Å²) in [6, 6.07) is 2.89. The van der Waals surface area contributed by atoms with Gasteiger partial charge in [-0.15, -0.1) is 0 Å². The van der Waals surface area contributed by atoms with Crippen molar-refractivity contribution >= 4 is 15.9 Å². The van der Waals surface area contributed by atoms with Gasteiger partial charge in [0.25, 0.3) is 0 Å². The summed E-state index contributed by atoms with van der Waals surface area (Å²) < 4.78 is 19.0. The number of benzene rings is 1. The predicted molar refractivity (Wildman–Crippen MR) is 59.9 cm³/mol. The second kappa shape index (κ2) is 5.32. The average Bonchev–Trinajstić information content (AvgIpc) is 2.18. The minimum atomic E-state index is -1.15. The highest BCUT2D eigenvalue weighted by atomic mass is 79.9. The highest BCUT2D eigenvalue weighted by molar-refractivity contribution is 9.10. The molecule has 0 aliphatic heterocycles. The first-order valence-corrected chi connectivity index (χ1v) is 5.30. The maximum Gasteiger partial charge on any atom is 0.160 e. The molecule has 0 fully saturated rings. The van der Waals surface area contributed by atoms with Gasteiger partial charge in [-0.1, -0.05) is 15.9 Å². The second-order valence-corrected chi connectivity index (χ2v) is 3.94. The van der Waals surface area contributed by atoms with E-state index in [1.165, 1.54) is 19.2 Å². The van der Waals surface area contributed by atoms with Crippen molar-refractivity contribution in [3.05, 3.63) is 22.2 Å². The van der Waals surface area contributed by atoms with Crippen LogP contribution < -0.4 is 10.5 Å². The van der Waals surface area contributed by atoms with Crippen LogP contribution in [0.15, 0.2) is 16.6 Å². The molecule has 0 spiro atoms. The lowest BCUT2D eigenvalue weighted by atomic mass is 10.1. The van der Waals surface area contributed by atoms with Gasteiger partial charge >= 0.3 is 0 Å². The number of rotatable bonds is 4. The molecule has 5 heteroatoms. The van der Waals surface area contributed by atoms with Gasteiger partial charge in [-0.25, -0.2) is 4.39 Å². The smallest absolute Gasteiger partial charge is 0.160 e. The molecule has 1 aromatic rings. The Hall–Kier alpha value is -0.810. The fourth-order valence-corrected chi connectivity index (χ4v) is 1.84. The molecular weight excluding hydrogens is 265 g/mol. The van der Waals surface area contributed by atoms with Crippen LogP contribution in [0.2, 0.25) is 0 Å². The van der Waals surface area contributed by atoms with Crippen LogP contribution in [-0.4, -0.2) is 18.8 Å². The predicted octanol–water partition coefficient (Wildman–Crippen LogP) is 2.52. The number of hydrogen-bond donors (Lipinski definition) is 2. The Labute approximate surface area is 96.2 Å². The normalized spacial score (nSPS) is 12.5. The number of alkyl halides is 1. The number of halogens is 2. The zero-order chi connectivity index (χ0) is 11.4. The minimum absolute atomic E-state index is 0.0203. The van der Waals surface area contributed by atoms with E-state index in [4.69, 9.17) is 10.5 Å². The molecule has 1 unspecified atom stereocenters. The monoisotopic (exact) mass is 277 g/mol. The van der Waals surface area contributed by atoms with Gasteiger partial charge < -0.3 is 15.6 Å². The molecule has 1 aromatic carbocycles. The Balaban J connectivity index is 3.06. The lowest BCUT2D eigenvalue weighted by Gasteiger charge is -2.12. The summed E-state index contributed by atoms with van der Waals surface area (Å²) in [5.74, 6) is 0.237. The molecule has 0 bridgehead atoms. The summed E-state index contributed by atoms with van der Waals surface area (Å²) >= 11 is 3.18. The largest absolute Gasteiger partial charge is 0.504 e. The first-order chi connectivity index (χ1) is 7.10. The number of phenols is 1. The lowest BCUT2D eigenvalue weighted by molar-refractivity contribution is 0.322. The molecule has 0 aliphatic carbocycles. The number of methoxy groups -OCH3 is 1. The minimum Gasteiger partial charge on any atom is -0.504 e. The standard InChI is InChI=1S/C10H13BrFNO2/c1-15-10-4-6(8(12)2-3-13)7(11)5-9(10)14/h4-5,8,14H,2-3,13H2,1H3. The van der Waals surface area contributed by atoms with Crippen LogP contribution in [-0.2, 0) is 0 Å². The third-order valence-electron chi connectivity index (χ3n) is 2.06. The molecule has 0 saturated carbocycles.